The third-order valence-corrected chi connectivity index (χ3v) is 3.46. The van der Waals surface area contributed by atoms with Gasteiger partial charge < -0.3 is 10.1 Å². The van der Waals surface area contributed by atoms with E-state index in [1.165, 1.54) is 18.9 Å². The quantitative estimate of drug-likeness (QED) is 0.460. The number of nitrogens with zero attached hydrogens (tertiary/aromatic N) is 2. The lowest BCUT2D eigenvalue weighted by Gasteiger charge is -2.27. The maximum absolute atomic E-state index is 11.7. The zero-order chi connectivity index (χ0) is 13.4. The van der Waals surface area contributed by atoms with Crippen molar-refractivity contribution in [3.8, 4) is 0 Å². The second kappa shape index (κ2) is 7.33. The number of carbonyl (C=O) groups is 1. The van der Waals surface area contributed by atoms with Crippen LogP contribution in [0.2, 0.25) is 0 Å². The Hall–Kier alpha value is -1.14. The first-order valence-electron chi connectivity index (χ1n) is 5.85. The van der Waals surface area contributed by atoms with Crippen LogP contribution in [0.5, 0.6) is 0 Å². The number of methoxy groups -OCH3 is 1. The highest BCUT2D eigenvalue weighted by molar-refractivity contribution is 7.99. The highest BCUT2D eigenvalue weighted by atomic mass is 32.2. The van der Waals surface area contributed by atoms with Gasteiger partial charge in [0.1, 0.15) is 5.54 Å². The molecule has 6 heteroatoms. The number of thioether (sulfide) groups is 1. The van der Waals surface area contributed by atoms with Crippen molar-refractivity contribution in [2.24, 2.45) is 0 Å². The van der Waals surface area contributed by atoms with Crippen LogP contribution < -0.4 is 5.32 Å². The smallest absolute Gasteiger partial charge is 0.325 e. The van der Waals surface area contributed by atoms with E-state index in [-0.39, 0.29) is 5.97 Å². The number of likely N-dealkylation sites (N-methyl/N-ethyl adjacent to an activating group) is 1. The number of hydrogen-bond donors (Lipinski definition) is 1. The van der Waals surface area contributed by atoms with E-state index < -0.39 is 5.54 Å². The molecule has 1 aromatic rings. The summed E-state index contributed by atoms with van der Waals surface area (Å²) in [6.07, 6.45) is 4.08. The van der Waals surface area contributed by atoms with E-state index in [4.69, 9.17) is 4.74 Å². The van der Waals surface area contributed by atoms with E-state index in [0.717, 1.165) is 17.5 Å². The predicted octanol–water partition coefficient (Wildman–Crippen LogP) is 1.50. The molecule has 0 aliphatic heterocycles. The SMILES string of the molecule is CCNC(C)(CCSc1ncccn1)C(=O)OC. The van der Waals surface area contributed by atoms with Crippen LogP contribution in [0.15, 0.2) is 23.6 Å². The van der Waals surface area contributed by atoms with Crippen LogP contribution in [0.1, 0.15) is 20.3 Å². The second-order valence-corrected chi connectivity index (χ2v) is 5.05. The summed E-state index contributed by atoms with van der Waals surface area (Å²) in [5.74, 6) is 0.515. The summed E-state index contributed by atoms with van der Waals surface area (Å²) in [4.78, 5) is 20.0. The summed E-state index contributed by atoms with van der Waals surface area (Å²) in [5.41, 5.74) is -0.648. The number of nitrogens with one attached hydrogen (secondary N) is 1. The number of esters is 1. The molecule has 0 aliphatic rings. The van der Waals surface area contributed by atoms with Crippen LogP contribution in [0, 0.1) is 0 Å². The molecule has 1 N–H and O–H groups in total. The zero-order valence-corrected chi connectivity index (χ0v) is 11.8. The Labute approximate surface area is 112 Å². The first-order valence-corrected chi connectivity index (χ1v) is 6.84. The Morgan fingerprint density at radius 1 is 1.50 bits per heavy atom. The van der Waals surface area contributed by atoms with Gasteiger partial charge >= 0.3 is 5.97 Å². The molecule has 0 bridgehead atoms. The van der Waals surface area contributed by atoms with E-state index in [2.05, 4.69) is 15.3 Å². The minimum atomic E-state index is -0.648. The molecular weight excluding hydrogens is 250 g/mol. The van der Waals surface area contributed by atoms with Gasteiger partial charge in [0.15, 0.2) is 5.16 Å². The van der Waals surface area contributed by atoms with Crippen molar-refractivity contribution in [3.63, 3.8) is 0 Å². The van der Waals surface area contributed by atoms with Gasteiger partial charge in [-0.15, -0.1) is 0 Å². The van der Waals surface area contributed by atoms with Crippen molar-refractivity contribution in [2.45, 2.75) is 31.0 Å². The van der Waals surface area contributed by atoms with Crippen LogP contribution in [0.25, 0.3) is 0 Å². The number of ether oxygens (including phenoxy) is 1. The topological polar surface area (TPSA) is 64.1 Å². The van der Waals surface area contributed by atoms with Crippen molar-refractivity contribution in [2.75, 3.05) is 19.4 Å². The van der Waals surface area contributed by atoms with Crippen molar-refractivity contribution >= 4 is 17.7 Å². The Kier molecular flexibility index (Phi) is 6.07. The Morgan fingerprint density at radius 2 is 2.17 bits per heavy atom. The van der Waals surface area contributed by atoms with E-state index in [9.17, 15) is 4.79 Å². The summed E-state index contributed by atoms with van der Waals surface area (Å²) in [5, 5.41) is 3.89. The molecule has 0 aliphatic carbocycles. The summed E-state index contributed by atoms with van der Waals surface area (Å²) in [6, 6.07) is 1.78. The van der Waals surface area contributed by atoms with Crippen molar-refractivity contribution in [3.05, 3.63) is 18.5 Å². The molecule has 0 radical (unpaired) electrons. The molecule has 0 saturated heterocycles. The van der Waals surface area contributed by atoms with E-state index in [0.29, 0.717) is 6.42 Å². The summed E-state index contributed by atoms with van der Waals surface area (Å²) >= 11 is 1.53. The van der Waals surface area contributed by atoms with E-state index in [1.54, 1.807) is 18.5 Å². The monoisotopic (exact) mass is 269 g/mol. The third kappa shape index (κ3) is 4.27. The first-order chi connectivity index (χ1) is 8.62. The fraction of sp³-hybridized carbons (Fsp3) is 0.583. The molecule has 100 valence electrons. The lowest BCUT2D eigenvalue weighted by Crippen LogP contribution is -2.50. The first kappa shape index (κ1) is 14.9. The van der Waals surface area contributed by atoms with Gasteiger partial charge in [-0.1, -0.05) is 18.7 Å². The minimum absolute atomic E-state index is 0.237. The van der Waals surface area contributed by atoms with Gasteiger partial charge in [-0.3, -0.25) is 4.79 Å². The fourth-order valence-corrected chi connectivity index (χ4v) is 2.55. The summed E-state index contributed by atoms with van der Waals surface area (Å²) in [6.45, 7) is 4.54. The van der Waals surface area contributed by atoms with E-state index >= 15 is 0 Å². The van der Waals surface area contributed by atoms with Crippen molar-refractivity contribution < 1.29 is 9.53 Å². The molecule has 0 saturated carbocycles. The molecule has 1 unspecified atom stereocenters. The summed E-state index contributed by atoms with van der Waals surface area (Å²) in [7, 11) is 1.41. The van der Waals surface area contributed by atoms with Gasteiger partial charge in [0.05, 0.1) is 7.11 Å². The van der Waals surface area contributed by atoms with Crippen molar-refractivity contribution in [1.82, 2.24) is 15.3 Å². The molecule has 1 rings (SSSR count). The molecule has 0 amide bonds. The van der Waals surface area contributed by atoms with E-state index in [1.807, 2.05) is 13.8 Å². The average molecular weight is 269 g/mol. The van der Waals surface area contributed by atoms with Gasteiger partial charge in [-0.25, -0.2) is 9.97 Å². The van der Waals surface area contributed by atoms with Crippen LogP contribution in [0.3, 0.4) is 0 Å². The normalized spacial score (nSPS) is 13.9. The fourth-order valence-electron chi connectivity index (χ4n) is 1.58. The lowest BCUT2D eigenvalue weighted by molar-refractivity contribution is -0.147. The molecule has 0 fully saturated rings. The predicted molar refractivity (Wildman–Crippen MR) is 71.5 cm³/mol. The number of rotatable bonds is 7. The Balaban J connectivity index is 2.50. The second-order valence-electron chi connectivity index (χ2n) is 3.98. The zero-order valence-electron chi connectivity index (χ0n) is 11.0. The Morgan fingerprint density at radius 3 is 2.72 bits per heavy atom. The number of hydrogen-bond acceptors (Lipinski definition) is 6. The Bertz CT molecular complexity index is 375. The van der Waals surface area contributed by atoms with Gasteiger partial charge in [-0.2, -0.15) is 0 Å². The minimum Gasteiger partial charge on any atom is -0.468 e. The number of aromatic nitrogens is 2. The number of carbonyl (C=O) groups excluding carboxylic acids is 1. The molecular formula is C12H19N3O2S. The molecule has 1 aromatic heterocycles. The van der Waals surface area contributed by atoms with Crippen LogP contribution >= 0.6 is 11.8 Å². The van der Waals surface area contributed by atoms with Gasteiger partial charge in [0, 0.05) is 18.1 Å². The molecule has 0 spiro atoms. The highest BCUT2D eigenvalue weighted by Gasteiger charge is 2.32. The van der Waals surface area contributed by atoms with Gasteiger partial charge in [0.2, 0.25) is 0 Å². The largest absolute Gasteiger partial charge is 0.468 e. The molecule has 18 heavy (non-hydrogen) atoms. The van der Waals surface area contributed by atoms with Gasteiger partial charge in [0.25, 0.3) is 0 Å². The summed E-state index contributed by atoms with van der Waals surface area (Å²) < 4.78 is 4.83. The van der Waals surface area contributed by atoms with Crippen LogP contribution in [-0.4, -0.2) is 40.9 Å². The van der Waals surface area contributed by atoms with Gasteiger partial charge in [-0.05, 0) is 26.0 Å². The highest BCUT2D eigenvalue weighted by Crippen LogP contribution is 2.19. The maximum atomic E-state index is 11.7. The van der Waals surface area contributed by atoms with Crippen LogP contribution in [-0.2, 0) is 9.53 Å². The molecule has 5 nitrogen and oxygen atoms in total. The average Bonchev–Trinajstić information content (AvgIpc) is 2.39. The molecule has 1 heterocycles. The van der Waals surface area contributed by atoms with Crippen LogP contribution in [0.4, 0.5) is 0 Å². The molecule has 1 atom stereocenters. The third-order valence-electron chi connectivity index (χ3n) is 2.58. The standard InChI is InChI=1S/C12H19N3O2S/c1-4-15-12(2,10(16)17-3)6-9-18-11-13-7-5-8-14-11/h5,7-8,15H,4,6,9H2,1-3H3. The molecule has 0 aromatic carbocycles. The van der Waals surface area contributed by atoms with Crippen molar-refractivity contribution in [1.29, 1.82) is 0 Å². The maximum Gasteiger partial charge on any atom is 0.325 e. The lowest BCUT2D eigenvalue weighted by atomic mass is 9.99.